The summed E-state index contributed by atoms with van der Waals surface area (Å²) < 4.78 is 13.0. The number of amides is 1. The molecule has 0 aliphatic heterocycles. The molecule has 0 aliphatic rings. The van der Waals surface area contributed by atoms with Crippen LogP contribution < -0.4 is 11.1 Å². The molecule has 0 bridgehead atoms. The Morgan fingerprint density at radius 1 is 1.40 bits per heavy atom. The second kappa shape index (κ2) is 5.31. The van der Waals surface area contributed by atoms with Crippen LogP contribution in [0.1, 0.15) is 10.5 Å². The van der Waals surface area contributed by atoms with Gasteiger partial charge in [0, 0.05) is 6.20 Å². The number of hydrogen-bond acceptors (Lipinski definition) is 5. The van der Waals surface area contributed by atoms with Gasteiger partial charge in [0.05, 0.1) is 16.7 Å². The molecule has 1 aromatic carbocycles. The molecule has 0 unspecified atom stereocenters. The summed E-state index contributed by atoms with van der Waals surface area (Å²) in [6.07, 6.45) is 1.37. The molecule has 2 aromatic rings. The molecular weight excluding hydrogens is 267 g/mol. The molecule has 1 heterocycles. The average Bonchev–Trinajstić information content (AvgIpc) is 2.41. The maximum absolute atomic E-state index is 13.0. The molecule has 0 fully saturated rings. The molecule has 0 radical (unpaired) electrons. The highest BCUT2D eigenvalue weighted by Gasteiger charge is 2.19. The van der Waals surface area contributed by atoms with E-state index >= 15 is 0 Å². The first-order chi connectivity index (χ1) is 9.49. The second-order valence-electron chi connectivity index (χ2n) is 3.81. The van der Waals surface area contributed by atoms with Crippen LogP contribution in [0.15, 0.2) is 36.5 Å². The van der Waals surface area contributed by atoms with E-state index in [1.54, 1.807) is 6.07 Å². The molecule has 0 atom stereocenters. The van der Waals surface area contributed by atoms with Crippen LogP contribution in [0.4, 0.5) is 21.5 Å². The van der Waals surface area contributed by atoms with E-state index in [9.17, 15) is 19.3 Å². The number of aromatic nitrogens is 1. The second-order valence-corrected chi connectivity index (χ2v) is 3.81. The van der Waals surface area contributed by atoms with E-state index < -0.39 is 22.3 Å². The number of nitrogens with two attached hydrogens (primary N) is 1. The summed E-state index contributed by atoms with van der Waals surface area (Å²) >= 11 is 0. The van der Waals surface area contributed by atoms with E-state index in [4.69, 9.17) is 5.73 Å². The Bertz CT molecular complexity index is 690. The van der Waals surface area contributed by atoms with Crippen LogP contribution in [0.5, 0.6) is 0 Å². The quantitative estimate of drug-likeness (QED) is 0.657. The van der Waals surface area contributed by atoms with Crippen LogP contribution in [0, 0.1) is 15.9 Å². The lowest BCUT2D eigenvalue weighted by Gasteiger charge is -2.07. The van der Waals surface area contributed by atoms with E-state index in [2.05, 4.69) is 10.3 Å². The fourth-order valence-corrected chi connectivity index (χ4v) is 1.55. The Labute approximate surface area is 112 Å². The van der Waals surface area contributed by atoms with Crippen molar-refractivity contribution in [2.75, 3.05) is 11.1 Å². The van der Waals surface area contributed by atoms with Gasteiger partial charge in [0.1, 0.15) is 11.5 Å². The van der Waals surface area contributed by atoms with Gasteiger partial charge >= 0.3 is 0 Å². The van der Waals surface area contributed by atoms with E-state index in [1.165, 1.54) is 12.3 Å². The van der Waals surface area contributed by atoms with Crippen molar-refractivity contribution in [2.45, 2.75) is 0 Å². The largest absolute Gasteiger partial charge is 0.397 e. The lowest BCUT2D eigenvalue weighted by atomic mass is 10.2. The summed E-state index contributed by atoms with van der Waals surface area (Å²) in [5.41, 5.74) is 4.97. The molecule has 20 heavy (non-hydrogen) atoms. The zero-order valence-electron chi connectivity index (χ0n) is 10.0. The molecule has 1 aromatic heterocycles. The smallest absolute Gasteiger partial charge is 0.295 e. The third-order valence-corrected chi connectivity index (χ3v) is 2.46. The number of benzene rings is 1. The predicted molar refractivity (Wildman–Crippen MR) is 69.7 cm³/mol. The summed E-state index contributed by atoms with van der Waals surface area (Å²) in [6.45, 7) is 0. The zero-order valence-corrected chi connectivity index (χ0v) is 10.0. The Morgan fingerprint density at radius 2 is 2.15 bits per heavy atom. The molecule has 7 nitrogen and oxygen atoms in total. The van der Waals surface area contributed by atoms with Crippen LogP contribution >= 0.6 is 0 Å². The minimum atomic E-state index is -0.791. The van der Waals surface area contributed by atoms with Crippen molar-refractivity contribution in [3.8, 4) is 0 Å². The van der Waals surface area contributed by atoms with Gasteiger partial charge in [0.15, 0.2) is 5.69 Å². The van der Waals surface area contributed by atoms with Gasteiger partial charge in [0.2, 0.25) is 0 Å². The lowest BCUT2D eigenvalue weighted by Crippen LogP contribution is -2.16. The van der Waals surface area contributed by atoms with Gasteiger partial charge in [-0.15, -0.1) is 0 Å². The molecule has 2 rings (SSSR count). The normalized spacial score (nSPS) is 10.1. The van der Waals surface area contributed by atoms with E-state index in [0.717, 1.165) is 18.2 Å². The number of nitro benzene ring substituents is 1. The standard InChI is InChI=1S/C12H9FN4O3/c13-7-3-4-9(10(6-7)17(19)20)16-12(18)11-8(14)2-1-5-15-11/h1-6H,14H2,(H,16,18). The van der Waals surface area contributed by atoms with Crippen molar-refractivity contribution in [3.63, 3.8) is 0 Å². The van der Waals surface area contributed by atoms with Gasteiger partial charge < -0.3 is 11.1 Å². The predicted octanol–water partition coefficient (Wildman–Crippen LogP) is 1.96. The maximum Gasteiger partial charge on any atom is 0.295 e. The number of nitrogens with one attached hydrogen (secondary N) is 1. The van der Waals surface area contributed by atoms with Gasteiger partial charge in [-0.05, 0) is 24.3 Å². The first-order valence-electron chi connectivity index (χ1n) is 5.45. The number of hydrogen-bond donors (Lipinski definition) is 2. The highest BCUT2D eigenvalue weighted by molar-refractivity contribution is 6.07. The number of nitrogen functional groups attached to an aromatic ring is 1. The van der Waals surface area contributed by atoms with Crippen LogP contribution in [-0.4, -0.2) is 15.8 Å². The third kappa shape index (κ3) is 2.69. The number of halogens is 1. The Hall–Kier alpha value is -3.03. The topological polar surface area (TPSA) is 111 Å². The number of carbonyl (C=O) groups excluding carboxylic acids is 1. The number of pyridine rings is 1. The summed E-state index contributed by atoms with van der Waals surface area (Å²) in [6, 6.07) is 5.85. The van der Waals surface area contributed by atoms with Crippen LogP contribution in [0.2, 0.25) is 0 Å². The summed E-state index contributed by atoms with van der Waals surface area (Å²) in [5, 5.41) is 13.1. The lowest BCUT2D eigenvalue weighted by molar-refractivity contribution is -0.384. The molecule has 3 N–H and O–H groups in total. The number of carbonyl (C=O) groups is 1. The van der Waals surface area contributed by atoms with Crippen LogP contribution in [0.25, 0.3) is 0 Å². The van der Waals surface area contributed by atoms with Crippen molar-refractivity contribution >= 4 is 23.0 Å². The van der Waals surface area contributed by atoms with E-state index in [-0.39, 0.29) is 17.1 Å². The average molecular weight is 276 g/mol. The van der Waals surface area contributed by atoms with E-state index in [1.807, 2.05) is 0 Å². The van der Waals surface area contributed by atoms with Crippen LogP contribution in [-0.2, 0) is 0 Å². The fourth-order valence-electron chi connectivity index (χ4n) is 1.55. The first kappa shape index (κ1) is 13.4. The number of rotatable bonds is 3. The molecule has 0 saturated carbocycles. The summed E-state index contributed by atoms with van der Waals surface area (Å²) in [5.74, 6) is -1.48. The summed E-state index contributed by atoms with van der Waals surface area (Å²) in [7, 11) is 0. The minimum absolute atomic E-state index is 0.0638. The number of anilines is 2. The van der Waals surface area contributed by atoms with Gasteiger partial charge in [-0.2, -0.15) is 0 Å². The van der Waals surface area contributed by atoms with Gasteiger partial charge in [-0.1, -0.05) is 0 Å². The first-order valence-corrected chi connectivity index (χ1v) is 5.45. The minimum Gasteiger partial charge on any atom is -0.397 e. The molecule has 102 valence electrons. The van der Waals surface area contributed by atoms with Gasteiger partial charge in [-0.25, -0.2) is 9.37 Å². The molecule has 0 saturated heterocycles. The van der Waals surface area contributed by atoms with Crippen molar-refractivity contribution < 1.29 is 14.1 Å². The van der Waals surface area contributed by atoms with E-state index in [0.29, 0.717) is 0 Å². The van der Waals surface area contributed by atoms with Crippen LogP contribution in [0.3, 0.4) is 0 Å². The monoisotopic (exact) mass is 276 g/mol. The van der Waals surface area contributed by atoms with Crippen molar-refractivity contribution in [1.29, 1.82) is 0 Å². The molecular formula is C12H9FN4O3. The fraction of sp³-hybridized carbons (Fsp3) is 0. The van der Waals surface area contributed by atoms with Gasteiger partial charge in [-0.3, -0.25) is 14.9 Å². The number of nitro groups is 1. The molecule has 0 aliphatic carbocycles. The SMILES string of the molecule is Nc1cccnc1C(=O)Nc1ccc(F)cc1[N+](=O)[O-]. The molecule has 0 spiro atoms. The third-order valence-electron chi connectivity index (χ3n) is 2.46. The Balaban J connectivity index is 2.33. The maximum atomic E-state index is 13.0. The van der Waals surface area contributed by atoms with Crippen molar-refractivity contribution in [2.24, 2.45) is 0 Å². The zero-order chi connectivity index (χ0) is 14.7. The van der Waals surface area contributed by atoms with Gasteiger partial charge in [0.25, 0.3) is 11.6 Å². The van der Waals surface area contributed by atoms with Crippen molar-refractivity contribution in [3.05, 3.63) is 58.2 Å². The Morgan fingerprint density at radius 3 is 2.80 bits per heavy atom. The van der Waals surface area contributed by atoms with Crippen molar-refractivity contribution in [1.82, 2.24) is 4.98 Å². The summed E-state index contributed by atoms with van der Waals surface area (Å²) in [4.78, 5) is 25.7. The Kier molecular flexibility index (Phi) is 3.56. The highest BCUT2D eigenvalue weighted by Crippen LogP contribution is 2.25. The molecule has 1 amide bonds. The molecule has 8 heteroatoms. The highest BCUT2D eigenvalue weighted by atomic mass is 19.1. The number of nitrogens with zero attached hydrogens (tertiary/aromatic N) is 2.